The number of pyridine rings is 1. The first-order valence-corrected chi connectivity index (χ1v) is 4.85. The molecule has 5 nitrogen and oxygen atoms in total. The van der Waals surface area contributed by atoms with Gasteiger partial charge in [-0.05, 0) is 19.1 Å². The summed E-state index contributed by atoms with van der Waals surface area (Å²) < 4.78 is 0. The van der Waals surface area contributed by atoms with E-state index in [1.807, 2.05) is 17.9 Å². The quantitative estimate of drug-likeness (QED) is 0.476. The van der Waals surface area contributed by atoms with E-state index in [0.717, 1.165) is 12.2 Å². The van der Waals surface area contributed by atoms with Crippen molar-refractivity contribution in [3.63, 3.8) is 0 Å². The second-order valence-corrected chi connectivity index (χ2v) is 3.12. The van der Waals surface area contributed by atoms with Crippen molar-refractivity contribution in [1.82, 2.24) is 4.98 Å². The lowest BCUT2D eigenvalue weighted by Gasteiger charge is -2.22. The molecule has 0 aliphatic heterocycles. The number of hydrogen-bond acceptors (Lipinski definition) is 4. The smallest absolute Gasteiger partial charge is 0.141 e. The molecule has 0 amide bonds. The molecule has 0 spiro atoms. The van der Waals surface area contributed by atoms with Crippen molar-refractivity contribution < 1.29 is 5.11 Å². The van der Waals surface area contributed by atoms with Gasteiger partial charge in [-0.3, -0.25) is 10.4 Å². The zero-order valence-corrected chi connectivity index (χ0v) is 8.77. The maximum Gasteiger partial charge on any atom is 0.141 e. The van der Waals surface area contributed by atoms with Crippen LogP contribution >= 0.6 is 0 Å². The SMILES string of the molecule is CCN(CCO)c1ccnc(C(=N)N)c1. The van der Waals surface area contributed by atoms with Gasteiger partial charge < -0.3 is 15.7 Å². The minimum Gasteiger partial charge on any atom is -0.395 e. The summed E-state index contributed by atoms with van der Waals surface area (Å²) in [4.78, 5) is 5.97. The predicted octanol–water partition coefficient (Wildman–Crippen LogP) is 0.184. The Bertz CT molecular complexity index is 340. The summed E-state index contributed by atoms with van der Waals surface area (Å²) in [6, 6.07) is 3.59. The van der Waals surface area contributed by atoms with Crippen LogP contribution in [-0.2, 0) is 0 Å². The Morgan fingerprint density at radius 3 is 2.93 bits per heavy atom. The lowest BCUT2D eigenvalue weighted by atomic mass is 10.2. The largest absolute Gasteiger partial charge is 0.395 e. The molecule has 1 aromatic rings. The molecule has 1 rings (SSSR count). The number of aliphatic hydroxyl groups excluding tert-OH is 1. The van der Waals surface area contributed by atoms with Gasteiger partial charge in [-0.25, -0.2) is 0 Å². The van der Waals surface area contributed by atoms with Gasteiger partial charge in [-0.1, -0.05) is 0 Å². The number of hydrogen-bond donors (Lipinski definition) is 3. The minimum atomic E-state index is -0.0445. The average Bonchev–Trinajstić information content (AvgIpc) is 2.26. The molecule has 0 radical (unpaired) electrons. The van der Waals surface area contributed by atoms with Gasteiger partial charge in [0.05, 0.1) is 6.61 Å². The van der Waals surface area contributed by atoms with Crippen molar-refractivity contribution >= 4 is 11.5 Å². The summed E-state index contributed by atoms with van der Waals surface area (Å²) in [5, 5.41) is 16.2. The molecule has 5 heteroatoms. The number of likely N-dealkylation sites (N-methyl/N-ethyl adjacent to an activating group) is 1. The average molecular weight is 208 g/mol. The van der Waals surface area contributed by atoms with E-state index < -0.39 is 0 Å². The van der Waals surface area contributed by atoms with Crippen LogP contribution in [0.2, 0.25) is 0 Å². The number of amidine groups is 1. The summed E-state index contributed by atoms with van der Waals surface area (Å²) in [6.45, 7) is 3.47. The third kappa shape index (κ3) is 2.92. The normalized spacial score (nSPS) is 10.0. The summed E-state index contributed by atoms with van der Waals surface area (Å²) in [6.07, 6.45) is 1.62. The van der Waals surface area contributed by atoms with Crippen molar-refractivity contribution in [2.24, 2.45) is 5.73 Å². The molecule has 1 aromatic heterocycles. The highest BCUT2D eigenvalue weighted by Gasteiger charge is 2.05. The zero-order valence-electron chi connectivity index (χ0n) is 8.77. The maximum atomic E-state index is 8.88. The fraction of sp³-hybridized carbons (Fsp3) is 0.400. The Hall–Kier alpha value is -1.62. The lowest BCUT2D eigenvalue weighted by Crippen LogP contribution is -2.26. The number of aliphatic hydroxyl groups is 1. The first-order valence-electron chi connectivity index (χ1n) is 4.85. The van der Waals surface area contributed by atoms with Crippen LogP contribution in [0.4, 0.5) is 5.69 Å². The second kappa shape index (κ2) is 5.31. The van der Waals surface area contributed by atoms with E-state index in [9.17, 15) is 0 Å². The van der Waals surface area contributed by atoms with Gasteiger partial charge in [0, 0.05) is 25.0 Å². The molecular formula is C10H16N4O. The molecule has 0 saturated heterocycles. The molecule has 1 heterocycles. The van der Waals surface area contributed by atoms with Crippen molar-refractivity contribution in [2.75, 3.05) is 24.6 Å². The number of anilines is 1. The number of aromatic nitrogens is 1. The second-order valence-electron chi connectivity index (χ2n) is 3.12. The van der Waals surface area contributed by atoms with E-state index in [0.29, 0.717) is 12.2 Å². The van der Waals surface area contributed by atoms with Gasteiger partial charge in [-0.2, -0.15) is 0 Å². The van der Waals surface area contributed by atoms with Gasteiger partial charge in [0.25, 0.3) is 0 Å². The van der Waals surface area contributed by atoms with Crippen LogP contribution < -0.4 is 10.6 Å². The number of nitrogens with zero attached hydrogens (tertiary/aromatic N) is 2. The first kappa shape index (κ1) is 11.5. The Morgan fingerprint density at radius 2 is 2.40 bits per heavy atom. The van der Waals surface area contributed by atoms with Crippen LogP contribution in [0.3, 0.4) is 0 Å². The topological polar surface area (TPSA) is 86.2 Å². The minimum absolute atomic E-state index is 0.0445. The highest BCUT2D eigenvalue weighted by Crippen LogP contribution is 2.13. The standard InChI is InChI=1S/C10H16N4O/c1-2-14(5-6-15)8-3-4-13-9(7-8)10(11)12/h3-4,7,15H,2,5-6H2,1H3,(H3,11,12). The van der Waals surface area contributed by atoms with E-state index in [1.54, 1.807) is 12.3 Å². The van der Waals surface area contributed by atoms with E-state index >= 15 is 0 Å². The third-order valence-corrected chi connectivity index (χ3v) is 2.14. The molecule has 0 saturated carbocycles. The molecule has 0 atom stereocenters. The zero-order chi connectivity index (χ0) is 11.3. The predicted molar refractivity (Wildman–Crippen MR) is 60.2 cm³/mol. The highest BCUT2D eigenvalue weighted by molar-refractivity contribution is 5.93. The monoisotopic (exact) mass is 208 g/mol. The van der Waals surface area contributed by atoms with Crippen molar-refractivity contribution in [2.45, 2.75) is 6.92 Å². The summed E-state index contributed by atoms with van der Waals surface area (Å²) in [5.74, 6) is -0.0445. The van der Waals surface area contributed by atoms with E-state index in [2.05, 4.69) is 4.98 Å². The van der Waals surface area contributed by atoms with Crippen molar-refractivity contribution in [3.05, 3.63) is 24.0 Å². The summed E-state index contributed by atoms with van der Waals surface area (Å²) >= 11 is 0. The fourth-order valence-corrected chi connectivity index (χ4v) is 1.35. The summed E-state index contributed by atoms with van der Waals surface area (Å²) in [7, 11) is 0. The molecule has 0 bridgehead atoms. The van der Waals surface area contributed by atoms with Gasteiger partial charge in [-0.15, -0.1) is 0 Å². The molecule has 4 N–H and O–H groups in total. The molecular weight excluding hydrogens is 192 g/mol. The highest BCUT2D eigenvalue weighted by atomic mass is 16.3. The molecule has 82 valence electrons. The molecule has 0 aromatic carbocycles. The third-order valence-electron chi connectivity index (χ3n) is 2.14. The van der Waals surface area contributed by atoms with Crippen LogP contribution in [0.15, 0.2) is 18.3 Å². The first-order chi connectivity index (χ1) is 7.19. The van der Waals surface area contributed by atoms with Crippen molar-refractivity contribution in [3.8, 4) is 0 Å². The molecule has 0 fully saturated rings. The van der Waals surface area contributed by atoms with E-state index in [1.165, 1.54) is 0 Å². The fourth-order valence-electron chi connectivity index (χ4n) is 1.35. The van der Waals surface area contributed by atoms with Crippen molar-refractivity contribution in [1.29, 1.82) is 5.41 Å². The van der Waals surface area contributed by atoms with Gasteiger partial charge >= 0.3 is 0 Å². The van der Waals surface area contributed by atoms with Gasteiger partial charge in [0.1, 0.15) is 11.5 Å². The van der Waals surface area contributed by atoms with Crippen LogP contribution in [0, 0.1) is 5.41 Å². The molecule has 0 unspecified atom stereocenters. The lowest BCUT2D eigenvalue weighted by molar-refractivity contribution is 0.302. The van der Waals surface area contributed by atoms with Crippen LogP contribution in [0.1, 0.15) is 12.6 Å². The number of rotatable bonds is 5. The Morgan fingerprint density at radius 1 is 1.67 bits per heavy atom. The van der Waals surface area contributed by atoms with Crippen LogP contribution in [0.25, 0.3) is 0 Å². The van der Waals surface area contributed by atoms with Crippen LogP contribution in [0.5, 0.6) is 0 Å². The molecule has 0 aliphatic rings. The van der Waals surface area contributed by atoms with Gasteiger partial charge in [0.15, 0.2) is 0 Å². The summed E-state index contributed by atoms with van der Waals surface area (Å²) in [5.41, 5.74) is 6.74. The van der Waals surface area contributed by atoms with Crippen LogP contribution in [-0.4, -0.2) is 35.6 Å². The molecule has 0 aliphatic carbocycles. The molecule has 15 heavy (non-hydrogen) atoms. The Labute approximate surface area is 89.1 Å². The van der Waals surface area contributed by atoms with Gasteiger partial charge in [0.2, 0.25) is 0 Å². The number of nitrogen functional groups attached to an aromatic ring is 1. The Balaban J connectivity index is 2.92. The van der Waals surface area contributed by atoms with E-state index in [-0.39, 0.29) is 12.4 Å². The number of nitrogens with one attached hydrogen (secondary N) is 1. The maximum absolute atomic E-state index is 8.88. The Kier molecular flexibility index (Phi) is 4.05. The van der Waals surface area contributed by atoms with E-state index in [4.69, 9.17) is 16.2 Å². The number of nitrogens with two attached hydrogens (primary N) is 1.